The number of carbonyl (C=O) groups excluding carboxylic acids is 1. The Kier molecular flexibility index (Phi) is 4.51. The average molecular weight is 374 g/mol. The van der Waals surface area contributed by atoms with Gasteiger partial charge < -0.3 is 19.0 Å². The van der Waals surface area contributed by atoms with E-state index >= 15 is 0 Å². The van der Waals surface area contributed by atoms with E-state index in [1.54, 1.807) is 12.5 Å². The Bertz CT molecular complexity index is 738. The van der Waals surface area contributed by atoms with Crippen LogP contribution in [0.5, 0.6) is 0 Å². The Labute approximate surface area is 160 Å². The predicted octanol–water partition coefficient (Wildman–Crippen LogP) is 4.38. The van der Waals surface area contributed by atoms with Gasteiger partial charge in [0.1, 0.15) is 6.10 Å². The molecule has 0 amide bonds. The van der Waals surface area contributed by atoms with Gasteiger partial charge in [-0.3, -0.25) is 4.79 Å². The van der Waals surface area contributed by atoms with Crippen LogP contribution in [-0.2, 0) is 14.3 Å². The number of rotatable bonds is 2. The molecule has 5 nitrogen and oxygen atoms in total. The topological polar surface area (TPSA) is 68.9 Å². The Hall–Kier alpha value is -1.59. The molecule has 0 aromatic carbocycles. The number of ether oxygens (including phenoxy) is 2. The monoisotopic (exact) mass is 374 g/mol. The molecule has 3 aliphatic rings. The molecular formula is C22H30O5. The number of carbonyl (C=O) groups is 1. The Balaban J connectivity index is 1.78. The van der Waals surface area contributed by atoms with Crippen LogP contribution in [0, 0.1) is 22.7 Å². The maximum absolute atomic E-state index is 11.8. The predicted molar refractivity (Wildman–Crippen MR) is 99.5 cm³/mol. The number of furan rings is 1. The Morgan fingerprint density at radius 3 is 2.81 bits per heavy atom. The number of allylic oxidation sites excluding steroid dienone is 2. The van der Waals surface area contributed by atoms with E-state index < -0.39 is 11.7 Å². The molecule has 0 radical (unpaired) electrons. The van der Waals surface area contributed by atoms with E-state index in [1.807, 2.05) is 6.07 Å². The summed E-state index contributed by atoms with van der Waals surface area (Å²) >= 11 is 0. The van der Waals surface area contributed by atoms with Gasteiger partial charge in [-0.05, 0) is 50.0 Å². The molecule has 1 aliphatic heterocycles. The van der Waals surface area contributed by atoms with Gasteiger partial charge in [0, 0.05) is 23.8 Å². The smallest absolute Gasteiger partial charge is 0.302 e. The molecule has 7 unspecified atom stereocenters. The Morgan fingerprint density at radius 2 is 2.15 bits per heavy atom. The lowest BCUT2D eigenvalue weighted by Gasteiger charge is -2.60. The molecule has 2 fully saturated rings. The van der Waals surface area contributed by atoms with Gasteiger partial charge in [0.15, 0.2) is 6.29 Å². The highest BCUT2D eigenvalue weighted by atomic mass is 16.6. The van der Waals surface area contributed by atoms with Crippen molar-refractivity contribution in [1.29, 1.82) is 0 Å². The molecule has 0 bridgehead atoms. The number of hydrogen-bond acceptors (Lipinski definition) is 5. The van der Waals surface area contributed by atoms with Gasteiger partial charge in [-0.1, -0.05) is 25.5 Å². The maximum atomic E-state index is 11.8. The van der Waals surface area contributed by atoms with Crippen molar-refractivity contribution < 1.29 is 23.8 Å². The number of aliphatic hydroxyl groups is 1. The average Bonchev–Trinajstić information content (AvgIpc) is 3.23. The zero-order valence-corrected chi connectivity index (χ0v) is 16.6. The van der Waals surface area contributed by atoms with Crippen molar-refractivity contribution in [3.63, 3.8) is 0 Å². The zero-order valence-electron chi connectivity index (χ0n) is 16.6. The summed E-state index contributed by atoms with van der Waals surface area (Å²) in [5.41, 5.74) is 1.73. The standard InChI is InChI=1S/C22H30O5/c1-13-6-5-7-19-21(13,4)10-17(26-15(3)23)14(2)22(19)11-18(27-20(22)24)16-8-9-25-12-16/h6,8-9,12,14,17-20,24H,5,7,10-11H2,1-4H3. The third-order valence-electron chi connectivity index (χ3n) is 7.78. The van der Waals surface area contributed by atoms with Crippen LogP contribution in [0.4, 0.5) is 0 Å². The molecule has 27 heavy (non-hydrogen) atoms. The molecular weight excluding hydrogens is 344 g/mol. The molecule has 4 rings (SSSR count). The van der Waals surface area contributed by atoms with Crippen LogP contribution in [0.3, 0.4) is 0 Å². The first-order chi connectivity index (χ1) is 12.8. The van der Waals surface area contributed by atoms with Gasteiger partial charge in [0.2, 0.25) is 0 Å². The van der Waals surface area contributed by atoms with Gasteiger partial charge in [-0.2, -0.15) is 0 Å². The van der Waals surface area contributed by atoms with E-state index in [2.05, 4.69) is 26.8 Å². The number of fused-ring (bicyclic) bond motifs is 2. The summed E-state index contributed by atoms with van der Waals surface area (Å²) in [6.45, 7) is 8.03. The quantitative estimate of drug-likeness (QED) is 0.614. The molecule has 1 saturated heterocycles. The summed E-state index contributed by atoms with van der Waals surface area (Å²) in [7, 11) is 0. The van der Waals surface area contributed by atoms with E-state index in [4.69, 9.17) is 13.9 Å². The minimum Gasteiger partial charge on any atom is -0.472 e. The number of aliphatic hydroxyl groups excluding tert-OH is 1. The van der Waals surface area contributed by atoms with Crippen LogP contribution in [0.2, 0.25) is 0 Å². The van der Waals surface area contributed by atoms with Gasteiger partial charge in [-0.25, -0.2) is 0 Å². The molecule has 1 spiro atoms. The van der Waals surface area contributed by atoms with Crippen molar-refractivity contribution in [3.8, 4) is 0 Å². The lowest BCUT2D eigenvalue weighted by Crippen LogP contribution is -2.60. The van der Waals surface area contributed by atoms with Crippen LogP contribution >= 0.6 is 0 Å². The minimum atomic E-state index is -0.888. The van der Waals surface area contributed by atoms with Crippen molar-refractivity contribution in [2.24, 2.45) is 22.7 Å². The highest BCUT2D eigenvalue weighted by Crippen LogP contribution is 2.67. The summed E-state index contributed by atoms with van der Waals surface area (Å²) in [6.07, 6.45) is 7.86. The summed E-state index contributed by atoms with van der Waals surface area (Å²) in [5.74, 6) is 0.0299. The van der Waals surface area contributed by atoms with E-state index in [0.29, 0.717) is 6.42 Å². The SMILES string of the molecule is CC(=O)OC1CC2(C)C(C)=CCCC2C2(CC(c3ccoc3)OC2O)C1C. The molecule has 2 heterocycles. The van der Waals surface area contributed by atoms with Crippen LogP contribution in [-0.4, -0.2) is 23.5 Å². The molecule has 5 heteroatoms. The molecule has 1 N–H and O–H groups in total. The molecule has 1 saturated carbocycles. The molecule has 148 valence electrons. The van der Waals surface area contributed by atoms with Gasteiger partial charge in [0.05, 0.1) is 18.6 Å². The van der Waals surface area contributed by atoms with Gasteiger partial charge in [-0.15, -0.1) is 0 Å². The first-order valence-electron chi connectivity index (χ1n) is 9.99. The number of hydrogen-bond donors (Lipinski definition) is 1. The van der Waals surface area contributed by atoms with Gasteiger partial charge in [0.25, 0.3) is 0 Å². The first kappa shape index (κ1) is 18.8. The van der Waals surface area contributed by atoms with Crippen LogP contribution in [0.25, 0.3) is 0 Å². The van der Waals surface area contributed by atoms with Crippen molar-refractivity contribution in [2.45, 2.75) is 71.9 Å². The number of esters is 1. The first-order valence-corrected chi connectivity index (χ1v) is 9.99. The lowest BCUT2D eigenvalue weighted by atomic mass is 9.45. The summed E-state index contributed by atoms with van der Waals surface area (Å²) in [5, 5.41) is 11.2. The molecule has 7 atom stereocenters. The van der Waals surface area contributed by atoms with Crippen LogP contribution in [0.1, 0.15) is 65.0 Å². The highest BCUT2D eigenvalue weighted by Gasteiger charge is 2.66. The molecule has 1 aromatic rings. The van der Waals surface area contributed by atoms with E-state index in [0.717, 1.165) is 24.8 Å². The summed E-state index contributed by atoms with van der Waals surface area (Å²) in [4.78, 5) is 11.8. The third kappa shape index (κ3) is 2.70. The highest BCUT2D eigenvalue weighted by molar-refractivity contribution is 5.66. The van der Waals surface area contributed by atoms with E-state index in [9.17, 15) is 9.90 Å². The van der Waals surface area contributed by atoms with Crippen molar-refractivity contribution >= 4 is 5.97 Å². The molecule has 1 aromatic heterocycles. The maximum Gasteiger partial charge on any atom is 0.302 e. The van der Waals surface area contributed by atoms with Crippen molar-refractivity contribution in [2.75, 3.05) is 0 Å². The summed E-state index contributed by atoms with van der Waals surface area (Å²) in [6, 6.07) is 1.90. The second-order valence-corrected chi connectivity index (χ2v) is 8.93. The van der Waals surface area contributed by atoms with Crippen molar-refractivity contribution in [3.05, 3.63) is 35.8 Å². The fourth-order valence-corrected chi connectivity index (χ4v) is 6.21. The van der Waals surface area contributed by atoms with Crippen LogP contribution in [0.15, 0.2) is 34.7 Å². The van der Waals surface area contributed by atoms with Crippen LogP contribution < -0.4 is 0 Å². The van der Waals surface area contributed by atoms with Crippen molar-refractivity contribution in [1.82, 2.24) is 0 Å². The van der Waals surface area contributed by atoms with E-state index in [-0.39, 0.29) is 35.4 Å². The third-order valence-corrected chi connectivity index (χ3v) is 7.78. The van der Waals surface area contributed by atoms with Gasteiger partial charge >= 0.3 is 5.97 Å². The fourth-order valence-electron chi connectivity index (χ4n) is 6.21. The fraction of sp³-hybridized carbons (Fsp3) is 0.682. The summed E-state index contributed by atoms with van der Waals surface area (Å²) < 4.78 is 17.1. The minimum absolute atomic E-state index is 0.0114. The second kappa shape index (κ2) is 6.49. The Morgan fingerprint density at radius 1 is 1.37 bits per heavy atom. The largest absolute Gasteiger partial charge is 0.472 e. The molecule has 2 aliphatic carbocycles. The second-order valence-electron chi connectivity index (χ2n) is 8.93. The zero-order chi connectivity index (χ0) is 19.4. The van der Waals surface area contributed by atoms with E-state index in [1.165, 1.54) is 12.5 Å². The lowest BCUT2D eigenvalue weighted by molar-refractivity contribution is -0.223. The normalized spacial score (nSPS) is 44.0.